The van der Waals surface area contributed by atoms with Crippen LogP contribution in [0.2, 0.25) is 0 Å². The Morgan fingerprint density at radius 2 is 2.00 bits per heavy atom. The van der Waals surface area contributed by atoms with E-state index in [1.165, 1.54) is 31.4 Å². The van der Waals surface area contributed by atoms with Crippen LogP contribution in [0.5, 0.6) is 0 Å². The number of hydrogen-bond donors (Lipinski definition) is 1. The predicted octanol–water partition coefficient (Wildman–Crippen LogP) is 2.43. The Kier molecular flexibility index (Phi) is 3.72. The maximum absolute atomic E-state index is 6.31. The van der Waals surface area contributed by atoms with Crippen LogP contribution in [-0.2, 0) is 6.54 Å². The van der Waals surface area contributed by atoms with Crippen LogP contribution in [0.1, 0.15) is 24.8 Å². The zero-order chi connectivity index (χ0) is 14.9. The Hall–Kier alpha value is -1.65. The number of rotatable bonds is 3. The molecule has 3 atom stereocenters. The van der Waals surface area contributed by atoms with Crippen molar-refractivity contribution in [2.75, 3.05) is 13.1 Å². The summed E-state index contributed by atoms with van der Waals surface area (Å²) in [7, 11) is 0. The number of benzene rings is 1. The van der Waals surface area contributed by atoms with E-state index in [1.54, 1.807) is 0 Å². The first-order valence-electron chi connectivity index (χ1n) is 8.36. The molecule has 0 radical (unpaired) electrons. The molecule has 22 heavy (non-hydrogen) atoms. The third kappa shape index (κ3) is 2.69. The monoisotopic (exact) mass is 296 g/mol. The van der Waals surface area contributed by atoms with Crippen LogP contribution in [0.3, 0.4) is 0 Å². The number of nitrogens with zero attached hydrogens (tertiary/aromatic N) is 3. The molecule has 3 unspecified atom stereocenters. The van der Waals surface area contributed by atoms with E-state index in [-0.39, 0.29) is 0 Å². The van der Waals surface area contributed by atoms with Crippen LogP contribution in [0.25, 0.3) is 5.69 Å². The second-order valence-electron chi connectivity index (χ2n) is 6.84. The van der Waals surface area contributed by atoms with Crippen LogP contribution in [-0.4, -0.2) is 33.8 Å². The van der Waals surface area contributed by atoms with Gasteiger partial charge in [0.05, 0.1) is 11.9 Å². The topological polar surface area (TPSA) is 47.1 Å². The summed E-state index contributed by atoms with van der Waals surface area (Å²) in [6.07, 6.45) is 8.02. The summed E-state index contributed by atoms with van der Waals surface area (Å²) in [5.74, 6) is 1.52. The number of nitrogens with two attached hydrogens (primary N) is 1. The third-order valence-corrected chi connectivity index (χ3v) is 5.29. The van der Waals surface area contributed by atoms with E-state index in [4.69, 9.17) is 5.73 Å². The lowest BCUT2D eigenvalue weighted by molar-refractivity contribution is 0.259. The molecule has 1 saturated carbocycles. The molecule has 4 nitrogen and oxygen atoms in total. The van der Waals surface area contributed by atoms with Crippen molar-refractivity contribution in [3.63, 3.8) is 0 Å². The molecule has 2 heterocycles. The van der Waals surface area contributed by atoms with Crippen LogP contribution >= 0.6 is 0 Å². The lowest BCUT2D eigenvalue weighted by Crippen LogP contribution is -2.38. The van der Waals surface area contributed by atoms with Gasteiger partial charge in [0.15, 0.2) is 0 Å². The summed E-state index contributed by atoms with van der Waals surface area (Å²) >= 11 is 0. The van der Waals surface area contributed by atoms with Crippen LogP contribution in [0.4, 0.5) is 0 Å². The molecule has 4 heteroatoms. The molecule has 2 fully saturated rings. The van der Waals surface area contributed by atoms with Crippen molar-refractivity contribution in [1.82, 2.24) is 14.7 Å². The number of para-hydroxylation sites is 1. The maximum atomic E-state index is 6.31. The van der Waals surface area contributed by atoms with Gasteiger partial charge in [0.1, 0.15) is 0 Å². The molecular weight excluding hydrogens is 272 g/mol. The molecule has 2 N–H and O–H groups in total. The van der Waals surface area contributed by atoms with Crippen LogP contribution in [0.15, 0.2) is 42.7 Å². The molecule has 2 aliphatic rings. The van der Waals surface area contributed by atoms with Crippen molar-refractivity contribution in [2.24, 2.45) is 17.6 Å². The fraction of sp³-hybridized carbons (Fsp3) is 0.500. The van der Waals surface area contributed by atoms with Gasteiger partial charge in [-0.2, -0.15) is 5.10 Å². The first-order valence-corrected chi connectivity index (χ1v) is 8.36. The lowest BCUT2D eigenvalue weighted by atomic mass is 9.78. The smallest absolute Gasteiger partial charge is 0.0645 e. The second kappa shape index (κ2) is 5.86. The molecule has 1 aliphatic carbocycles. The summed E-state index contributed by atoms with van der Waals surface area (Å²) in [5.41, 5.74) is 8.72. The first kappa shape index (κ1) is 14.0. The molecule has 1 aromatic carbocycles. The predicted molar refractivity (Wildman–Crippen MR) is 87.6 cm³/mol. The highest BCUT2D eigenvalue weighted by Crippen LogP contribution is 2.36. The van der Waals surface area contributed by atoms with Crippen molar-refractivity contribution in [3.05, 3.63) is 48.3 Å². The minimum Gasteiger partial charge on any atom is -0.327 e. The fourth-order valence-electron chi connectivity index (χ4n) is 4.16. The summed E-state index contributed by atoms with van der Waals surface area (Å²) in [4.78, 5) is 2.56. The van der Waals surface area contributed by atoms with Crippen molar-refractivity contribution in [1.29, 1.82) is 0 Å². The average Bonchev–Trinajstić information content (AvgIpc) is 3.16. The lowest BCUT2D eigenvalue weighted by Gasteiger charge is -2.29. The largest absolute Gasteiger partial charge is 0.327 e. The van der Waals surface area contributed by atoms with E-state index >= 15 is 0 Å². The molecule has 1 saturated heterocycles. The van der Waals surface area contributed by atoms with Gasteiger partial charge >= 0.3 is 0 Å². The quantitative estimate of drug-likeness (QED) is 0.946. The fourth-order valence-corrected chi connectivity index (χ4v) is 4.16. The molecule has 4 rings (SSSR count). The Morgan fingerprint density at radius 1 is 1.14 bits per heavy atom. The highest BCUT2D eigenvalue weighted by atomic mass is 15.3. The minimum absolute atomic E-state index is 0.413. The van der Waals surface area contributed by atoms with Gasteiger partial charge in [-0.3, -0.25) is 4.90 Å². The Balaban J connectivity index is 1.43. The third-order valence-electron chi connectivity index (χ3n) is 5.29. The summed E-state index contributed by atoms with van der Waals surface area (Å²) in [5, 5.41) is 4.50. The van der Waals surface area contributed by atoms with E-state index < -0.39 is 0 Å². The standard InChI is InChI=1S/C18H24N4/c19-18-8-4-5-15-12-21(13-17(15)18)10-14-9-20-22(11-14)16-6-2-1-3-7-16/h1-3,6-7,9,11,15,17-18H,4-5,8,10,12-13,19H2. The number of fused-ring (bicyclic) bond motifs is 1. The highest BCUT2D eigenvalue weighted by molar-refractivity contribution is 5.30. The Morgan fingerprint density at radius 3 is 2.82 bits per heavy atom. The molecule has 0 amide bonds. The zero-order valence-electron chi connectivity index (χ0n) is 12.9. The van der Waals surface area contributed by atoms with Crippen LogP contribution in [0, 0.1) is 11.8 Å². The van der Waals surface area contributed by atoms with Crippen molar-refractivity contribution >= 4 is 0 Å². The first-order chi connectivity index (χ1) is 10.8. The van der Waals surface area contributed by atoms with Gasteiger partial charge in [-0.25, -0.2) is 4.68 Å². The normalized spacial score (nSPS) is 28.7. The van der Waals surface area contributed by atoms with Gasteiger partial charge in [0.2, 0.25) is 0 Å². The number of likely N-dealkylation sites (tertiary alicyclic amines) is 1. The molecule has 0 bridgehead atoms. The molecule has 2 aromatic rings. The van der Waals surface area contributed by atoms with E-state index in [9.17, 15) is 0 Å². The molecule has 116 valence electrons. The van der Waals surface area contributed by atoms with E-state index in [0.717, 1.165) is 24.7 Å². The van der Waals surface area contributed by atoms with Crippen LogP contribution < -0.4 is 5.73 Å². The van der Waals surface area contributed by atoms with E-state index in [1.807, 2.05) is 29.1 Å². The van der Waals surface area contributed by atoms with Crippen molar-refractivity contribution in [2.45, 2.75) is 31.8 Å². The van der Waals surface area contributed by atoms with Gasteiger partial charge < -0.3 is 5.73 Å². The summed E-state index contributed by atoms with van der Waals surface area (Å²) in [6.45, 7) is 3.35. The molecule has 0 spiro atoms. The van der Waals surface area contributed by atoms with Gasteiger partial charge in [0.25, 0.3) is 0 Å². The highest BCUT2D eigenvalue weighted by Gasteiger charge is 2.38. The van der Waals surface area contributed by atoms with Gasteiger partial charge in [-0.15, -0.1) is 0 Å². The SMILES string of the molecule is NC1CCCC2CN(Cc3cnn(-c4ccccc4)c3)CC12. The summed E-state index contributed by atoms with van der Waals surface area (Å²) in [6, 6.07) is 10.7. The van der Waals surface area contributed by atoms with Gasteiger partial charge in [-0.1, -0.05) is 24.6 Å². The van der Waals surface area contributed by atoms with Gasteiger partial charge in [0, 0.05) is 37.4 Å². The zero-order valence-corrected chi connectivity index (χ0v) is 12.9. The van der Waals surface area contributed by atoms with E-state index in [0.29, 0.717) is 12.0 Å². The second-order valence-corrected chi connectivity index (χ2v) is 6.84. The molecular formula is C18H24N4. The summed E-state index contributed by atoms with van der Waals surface area (Å²) < 4.78 is 1.96. The maximum Gasteiger partial charge on any atom is 0.0645 e. The molecule has 1 aliphatic heterocycles. The van der Waals surface area contributed by atoms with Crippen molar-refractivity contribution < 1.29 is 0 Å². The van der Waals surface area contributed by atoms with E-state index in [2.05, 4.69) is 28.3 Å². The van der Waals surface area contributed by atoms with Gasteiger partial charge in [-0.05, 0) is 36.8 Å². The minimum atomic E-state index is 0.413. The Labute approximate surface area is 131 Å². The Bertz CT molecular complexity index is 621. The average molecular weight is 296 g/mol. The number of hydrogen-bond acceptors (Lipinski definition) is 3. The molecule has 1 aromatic heterocycles. The van der Waals surface area contributed by atoms with Crippen molar-refractivity contribution in [3.8, 4) is 5.69 Å². The number of aromatic nitrogens is 2.